The highest BCUT2D eigenvalue weighted by atomic mass is 16.2. The van der Waals surface area contributed by atoms with Gasteiger partial charge in [-0.2, -0.15) is 0 Å². The van der Waals surface area contributed by atoms with Gasteiger partial charge >= 0.3 is 0 Å². The molecule has 0 N–H and O–H groups in total. The third-order valence-electron chi connectivity index (χ3n) is 8.49. The number of carbonyl (C=O) groups excluding carboxylic acids is 1. The molecule has 0 atom stereocenters. The van der Waals surface area contributed by atoms with Gasteiger partial charge in [-0.05, 0) is 73.9 Å². The topological polar surface area (TPSA) is 26.8 Å². The van der Waals surface area contributed by atoms with Gasteiger partial charge in [0.1, 0.15) is 0 Å². The number of hydrogen-bond donors (Lipinski definition) is 0. The van der Waals surface area contributed by atoms with Crippen LogP contribution >= 0.6 is 0 Å². The van der Waals surface area contributed by atoms with Crippen molar-refractivity contribution in [2.24, 2.45) is 5.92 Å². The lowest BCUT2D eigenvalue weighted by atomic mass is 9.88. The van der Waals surface area contributed by atoms with Gasteiger partial charge in [0.05, 0.1) is 0 Å². The minimum absolute atomic E-state index is 0.236. The first-order valence-corrected chi connectivity index (χ1v) is 15.3. The van der Waals surface area contributed by atoms with E-state index >= 15 is 0 Å². The summed E-state index contributed by atoms with van der Waals surface area (Å²) < 4.78 is 0. The van der Waals surface area contributed by atoms with Crippen LogP contribution in [0.15, 0.2) is 91.0 Å². The van der Waals surface area contributed by atoms with Crippen LogP contribution in [0.3, 0.4) is 0 Å². The van der Waals surface area contributed by atoms with Gasteiger partial charge in [0, 0.05) is 56.4 Å². The standard InChI is InChI=1S/C31H35N3O.C5H10/c35-31-30-21-28(14-13-27(30)23-34(31)22-24-11-12-24)33-19-17-32(18-20-33)16-15-29(25-7-3-1-4-8-25)26-9-5-2-6-10-26;1-3-5-4-2/h1-10,13-14,21,24,29H,11-12,15-20,22-23H2;3,5H,4H2,1-2H3/b;5-3+. The highest BCUT2D eigenvalue weighted by Gasteiger charge is 2.33. The highest BCUT2D eigenvalue weighted by molar-refractivity contribution is 5.99. The van der Waals surface area contributed by atoms with E-state index < -0.39 is 0 Å². The minimum Gasteiger partial charge on any atom is -0.369 e. The molecule has 4 nitrogen and oxygen atoms in total. The van der Waals surface area contributed by atoms with E-state index in [1.165, 1.54) is 35.2 Å². The Bertz CT molecular complexity index is 1200. The Morgan fingerprint density at radius 1 is 0.875 bits per heavy atom. The van der Waals surface area contributed by atoms with Gasteiger partial charge in [0.25, 0.3) is 5.91 Å². The maximum absolute atomic E-state index is 12.9. The predicted octanol–water partition coefficient (Wildman–Crippen LogP) is 7.37. The average Bonchev–Trinajstić information content (AvgIpc) is 3.77. The van der Waals surface area contributed by atoms with Crippen molar-refractivity contribution in [1.29, 1.82) is 0 Å². The normalized spacial score (nSPS) is 17.3. The first-order chi connectivity index (χ1) is 19.7. The van der Waals surface area contributed by atoms with Crippen LogP contribution in [0, 0.1) is 5.92 Å². The number of carbonyl (C=O) groups is 1. The summed E-state index contributed by atoms with van der Waals surface area (Å²) in [7, 11) is 0. The summed E-state index contributed by atoms with van der Waals surface area (Å²) in [5.74, 6) is 1.40. The fraction of sp³-hybridized carbons (Fsp3) is 0.417. The van der Waals surface area contributed by atoms with Crippen molar-refractivity contribution in [2.45, 2.75) is 52.0 Å². The van der Waals surface area contributed by atoms with Gasteiger partial charge in [-0.3, -0.25) is 9.69 Å². The van der Waals surface area contributed by atoms with E-state index in [0.29, 0.717) is 5.92 Å². The number of fused-ring (bicyclic) bond motifs is 1. The van der Waals surface area contributed by atoms with Gasteiger partial charge in [-0.15, -0.1) is 0 Å². The van der Waals surface area contributed by atoms with Crippen molar-refractivity contribution in [1.82, 2.24) is 9.80 Å². The summed E-state index contributed by atoms with van der Waals surface area (Å²) in [5.41, 5.74) is 6.13. The molecule has 1 saturated carbocycles. The molecule has 3 aromatic rings. The van der Waals surface area contributed by atoms with Gasteiger partial charge in [0.2, 0.25) is 0 Å². The zero-order chi connectivity index (χ0) is 27.7. The van der Waals surface area contributed by atoms with Crippen LogP contribution in [-0.2, 0) is 6.54 Å². The highest BCUT2D eigenvalue weighted by Crippen LogP contribution is 2.34. The molecule has 2 fully saturated rings. The molecule has 0 spiro atoms. The van der Waals surface area contributed by atoms with Crippen LogP contribution in [0.2, 0.25) is 0 Å². The Kier molecular flexibility index (Phi) is 9.72. The Morgan fingerprint density at radius 2 is 1.52 bits per heavy atom. The molecule has 0 bridgehead atoms. The molecule has 6 rings (SSSR count). The minimum atomic E-state index is 0.236. The van der Waals surface area contributed by atoms with E-state index in [-0.39, 0.29) is 5.91 Å². The summed E-state index contributed by atoms with van der Waals surface area (Å²) in [4.78, 5) is 20.0. The van der Waals surface area contributed by atoms with E-state index in [2.05, 4.69) is 113 Å². The second-order valence-electron chi connectivity index (χ2n) is 11.4. The molecule has 0 aromatic heterocycles. The van der Waals surface area contributed by atoms with Gasteiger partial charge in [-0.1, -0.05) is 85.8 Å². The Labute approximate surface area is 241 Å². The average molecular weight is 536 g/mol. The van der Waals surface area contributed by atoms with E-state index in [0.717, 1.165) is 70.1 Å². The molecular weight excluding hydrogens is 490 g/mol. The van der Waals surface area contributed by atoms with Crippen molar-refractivity contribution >= 4 is 11.6 Å². The molecule has 2 aliphatic heterocycles. The second-order valence-corrected chi connectivity index (χ2v) is 11.4. The molecule has 1 amide bonds. The van der Waals surface area contributed by atoms with Crippen LogP contribution in [0.25, 0.3) is 0 Å². The first-order valence-electron chi connectivity index (χ1n) is 15.3. The monoisotopic (exact) mass is 535 g/mol. The molecule has 3 aromatic carbocycles. The van der Waals surface area contributed by atoms with Crippen molar-refractivity contribution in [3.05, 3.63) is 113 Å². The molecular formula is C36H45N3O. The van der Waals surface area contributed by atoms with Crippen LogP contribution in [0.5, 0.6) is 0 Å². The number of allylic oxidation sites excluding steroid dienone is 2. The fourth-order valence-corrected chi connectivity index (χ4v) is 5.98. The number of benzene rings is 3. The molecule has 40 heavy (non-hydrogen) atoms. The van der Waals surface area contributed by atoms with Crippen LogP contribution < -0.4 is 4.90 Å². The molecule has 3 aliphatic rings. The number of rotatable bonds is 9. The molecule has 1 aliphatic carbocycles. The van der Waals surface area contributed by atoms with Crippen LogP contribution in [0.1, 0.15) is 72.5 Å². The first kappa shape index (κ1) is 28.2. The van der Waals surface area contributed by atoms with E-state index in [4.69, 9.17) is 0 Å². The summed E-state index contributed by atoms with van der Waals surface area (Å²) >= 11 is 0. The van der Waals surface area contributed by atoms with Gasteiger partial charge in [-0.25, -0.2) is 0 Å². The molecule has 210 valence electrons. The maximum atomic E-state index is 12.9. The Hall–Kier alpha value is -3.37. The fourth-order valence-electron chi connectivity index (χ4n) is 5.98. The number of nitrogens with zero attached hydrogens (tertiary/aromatic N) is 3. The van der Waals surface area contributed by atoms with Crippen molar-refractivity contribution in [2.75, 3.05) is 44.2 Å². The van der Waals surface area contributed by atoms with Crippen molar-refractivity contribution in [3.8, 4) is 0 Å². The number of piperazine rings is 1. The van der Waals surface area contributed by atoms with Gasteiger partial charge in [0.15, 0.2) is 0 Å². The number of anilines is 1. The third-order valence-corrected chi connectivity index (χ3v) is 8.49. The summed E-state index contributed by atoms with van der Waals surface area (Å²) in [6.07, 6.45) is 9.04. The third kappa shape index (κ3) is 7.22. The van der Waals surface area contributed by atoms with Crippen molar-refractivity contribution in [3.63, 3.8) is 0 Å². The van der Waals surface area contributed by atoms with Crippen LogP contribution in [0.4, 0.5) is 5.69 Å². The lowest BCUT2D eigenvalue weighted by Crippen LogP contribution is -2.46. The summed E-state index contributed by atoms with van der Waals surface area (Å²) in [6, 6.07) is 28.4. The Balaban J connectivity index is 0.000000595. The Morgan fingerprint density at radius 3 is 2.08 bits per heavy atom. The molecule has 0 unspecified atom stereocenters. The number of amides is 1. The lowest BCUT2D eigenvalue weighted by molar-refractivity contribution is 0.0771. The smallest absolute Gasteiger partial charge is 0.254 e. The predicted molar refractivity (Wildman–Crippen MR) is 167 cm³/mol. The van der Waals surface area contributed by atoms with Crippen molar-refractivity contribution < 1.29 is 4.79 Å². The van der Waals surface area contributed by atoms with E-state index in [1.807, 2.05) is 6.92 Å². The zero-order valence-corrected chi connectivity index (χ0v) is 24.3. The largest absolute Gasteiger partial charge is 0.369 e. The SMILES string of the molecule is C/C=C/CC.O=C1c2cc(N3CCN(CCC(c4ccccc4)c4ccccc4)CC3)ccc2CN1CC1CC1. The van der Waals surface area contributed by atoms with E-state index in [1.54, 1.807) is 0 Å². The lowest BCUT2D eigenvalue weighted by Gasteiger charge is -2.37. The second kappa shape index (κ2) is 13.8. The molecule has 1 saturated heterocycles. The molecule has 4 heteroatoms. The number of hydrogen-bond acceptors (Lipinski definition) is 3. The quantitative estimate of drug-likeness (QED) is 0.268. The summed E-state index contributed by atoms with van der Waals surface area (Å²) in [6.45, 7) is 11.1. The van der Waals surface area contributed by atoms with Gasteiger partial charge < -0.3 is 9.80 Å². The van der Waals surface area contributed by atoms with Crippen LogP contribution in [-0.4, -0.2) is 55.0 Å². The maximum Gasteiger partial charge on any atom is 0.254 e. The summed E-state index contributed by atoms with van der Waals surface area (Å²) in [5, 5.41) is 0. The molecule has 0 radical (unpaired) electrons. The molecule has 2 heterocycles. The zero-order valence-electron chi connectivity index (χ0n) is 24.3. The van der Waals surface area contributed by atoms with E-state index in [9.17, 15) is 4.79 Å².